The molecule has 0 aromatic carbocycles. The molecule has 0 saturated heterocycles. The minimum atomic E-state index is 0.355. The van der Waals surface area contributed by atoms with Crippen molar-refractivity contribution in [3.8, 4) is 0 Å². The fourth-order valence-corrected chi connectivity index (χ4v) is 1.98. The van der Waals surface area contributed by atoms with E-state index in [4.69, 9.17) is 0 Å². The van der Waals surface area contributed by atoms with Crippen molar-refractivity contribution in [2.75, 3.05) is 27.2 Å². The Bertz CT molecular complexity index is 321. The van der Waals surface area contributed by atoms with Crippen molar-refractivity contribution in [3.63, 3.8) is 0 Å². The molecule has 1 atom stereocenters. The largest absolute Gasteiger partial charge is 0.309 e. The van der Waals surface area contributed by atoms with Gasteiger partial charge in [0.1, 0.15) is 0 Å². The first-order chi connectivity index (χ1) is 8.69. The first kappa shape index (κ1) is 15.1. The summed E-state index contributed by atoms with van der Waals surface area (Å²) in [5, 5.41) is 11.8. The molecule has 0 bridgehead atoms. The Kier molecular flexibility index (Phi) is 6.90. The number of hydrogen-bond donors (Lipinski definition) is 1. The third-order valence-electron chi connectivity index (χ3n) is 2.95. The van der Waals surface area contributed by atoms with Gasteiger partial charge in [0.2, 0.25) is 0 Å². The summed E-state index contributed by atoms with van der Waals surface area (Å²) in [5.74, 6) is 0. The van der Waals surface area contributed by atoms with Crippen molar-refractivity contribution in [1.29, 1.82) is 0 Å². The van der Waals surface area contributed by atoms with Crippen LogP contribution < -0.4 is 5.32 Å². The fourth-order valence-electron chi connectivity index (χ4n) is 1.98. The monoisotopic (exact) mass is 253 g/mol. The van der Waals surface area contributed by atoms with Gasteiger partial charge in [0.15, 0.2) is 0 Å². The topological polar surface area (TPSA) is 46.0 Å². The zero-order chi connectivity index (χ0) is 13.4. The highest BCUT2D eigenvalue weighted by Gasteiger charge is 2.16. The molecule has 0 saturated carbocycles. The minimum absolute atomic E-state index is 0.355. The lowest BCUT2D eigenvalue weighted by Crippen LogP contribution is -2.28. The number of hydrogen-bond acceptors (Lipinski definition) is 4. The molecule has 1 heterocycles. The summed E-state index contributed by atoms with van der Waals surface area (Å²) in [6, 6.07) is 0.355. The molecule has 1 aromatic rings. The molecule has 0 aliphatic carbocycles. The molecule has 1 unspecified atom stereocenters. The molecule has 1 N–H and O–H groups in total. The highest BCUT2D eigenvalue weighted by molar-refractivity contribution is 5.02. The molecule has 5 heteroatoms. The molecular formula is C13H27N5. The van der Waals surface area contributed by atoms with Crippen LogP contribution in [0, 0.1) is 0 Å². The van der Waals surface area contributed by atoms with Crippen LogP contribution in [0.15, 0.2) is 6.20 Å². The maximum atomic E-state index is 4.18. The van der Waals surface area contributed by atoms with Gasteiger partial charge in [-0.1, -0.05) is 19.1 Å². The highest BCUT2D eigenvalue weighted by atomic mass is 15.4. The molecule has 5 nitrogen and oxygen atoms in total. The molecule has 1 aromatic heterocycles. The average Bonchev–Trinajstić information content (AvgIpc) is 2.78. The Morgan fingerprint density at radius 1 is 1.33 bits per heavy atom. The Hall–Kier alpha value is -0.940. The van der Waals surface area contributed by atoms with E-state index in [0.717, 1.165) is 38.9 Å². The smallest absolute Gasteiger partial charge is 0.0757 e. The zero-order valence-corrected chi connectivity index (χ0v) is 12.2. The van der Waals surface area contributed by atoms with Crippen LogP contribution in [-0.4, -0.2) is 47.1 Å². The lowest BCUT2D eigenvalue weighted by molar-refractivity contribution is 0.350. The minimum Gasteiger partial charge on any atom is -0.309 e. The Morgan fingerprint density at radius 3 is 2.72 bits per heavy atom. The zero-order valence-electron chi connectivity index (χ0n) is 12.2. The summed E-state index contributed by atoms with van der Waals surface area (Å²) in [6.45, 7) is 7.41. The van der Waals surface area contributed by atoms with Gasteiger partial charge in [-0.3, -0.25) is 0 Å². The SMILES string of the molecule is CCCNC(CCN(C)C)c1cnnn1CCC. The molecule has 0 radical (unpaired) electrons. The van der Waals surface area contributed by atoms with E-state index < -0.39 is 0 Å². The van der Waals surface area contributed by atoms with E-state index in [9.17, 15) is 0 Å². The lowest BCUT2D eigenvalue weighted by atomic mass is 10.1. The molecular weight excluding hydrogens is 226 g/mol. The summed E-state index contributed by atoms with van der Waals surface area (Å²) in [4.78, 5) is 2.22. The molecule has 1 rings (SSSR count). The maximum absolute atomic E-state index is 4.18. The van der Waals surface area contributed by atoms with E-state index in [1.165, 1.54) is 5.69 Å². The number of aromatic nitrogens is 3. The molecule has 0 aliphatic rings. The lowest BCUT2D eigenvalue weighted by Gasteiger charge is -2.21. The average molecular weight is 253 g/mol. The van der Waals surface area contributed by atoms with E-state index >= 15 is 0 Å². The van der Waals surface area contributed by atoms with E-state index in [-0.39, 0.29) is 0 Å². The second-order valence-corrected chi connectivity index (χ2v) is 4.98. The van der Waals surface area contributed by atoms with Crippen molar-refractivity contribution in [2.45, 2.75) is 45.7 Å². The maximum Gasteiger partial charge on any atom is 0.0757 e. The summed E-state index contributed by atoms with van der Waals surface area (Å²) in [5.41, 5.74) is 1.21. The van der Waals surface area contributed by atoms with Crippen LogP contribution in [0.4, 0.5) is 0 Å². The van der Waals surface area contributed by atoms with Gasteiger partial charge in [0.25, 0.3) is 0 Å². The first-order valence-corrected chi connectivity index (χ1v) is 6.95. The van der Waals surface area contributed by atoms with Crippen LogP contribution in [-0.2, 0) is 6.54 Å². The molecule has 104 valence electrons. The van der Waals surface area contributed by atoms with E-state index in [2.05, 4.69) is 48.5 Å². The van der Waals surface area contributed by atoms with Crippen molar-refractivity contribution in [3.05, 3.63) is 11.9 Å². The van der Waals surface area contributed by atoms with Crippen molar-refractivity contribution in [1.82, 2.24) is 25.2 Å². The van der Waals surface area contributed by atoms with Gasteiger partial charge in [-0.15, -0.1) is 5.10 Å². The predicted octanol–water partition coefficient (Wildman–Crippen LogP) is 1.68. The normalized spacial score (nSPS) is 13.2. The third-order valence-corrected chi connectivity index (χ3v) is 2.95. The molecule has 0 fully saturated rings. The summed E-state index contributed by atoms with van der Waals surface area (Å²) in [7, 11) is 4.22. The van der Waals surface area contributed by atoms with Crippen molar-refractivity contribution < 1.29 is 0 Å². The second-order valence-electron chi connectivity index (χ2n) is 4.98. The molecule has 0 aliphatic heterocycles. The van der Waals surface area contributed by atoms with Gasteiger partial charge < -0.3 is 10.2 Å². The van der Waals surface area contributed by atoms with Crippen molar-refractivity contribution in [2.24, 2.45) is 0 Å². The van der Waals surface area contributed by atoms with Crippen LogP contribution in [0.3, 0.4) is 0 Å². The Labute approximate surface area is 111 Å². The number of nitrogens with zero attached hydrogens (tertiary/aromatic N) is 4. The van der Waals surface area contributed by atoms with Gasteiger partial charge in [0, 0.05) is 6.54 Å². The number of rotatable bonds is 9. The van der Waals surface area contributed by atoms with Crippen LogP contribution in [0.2, 0.25) is 0 Å². The van der Waals surface area contributed by atoms with Gasteiger partial charge in [0.05, 0.1) is 17.9 Å². The molecule has 18 heavy (non-hydrogen) atoms. The van der Waals surface area contributed by atoms with Crippen molar-refractivity contribution >= 4 is 0 Å². The second kappa shape index (κ2) is 8.21. The molecule has 0 amide bonds. The number of aryl methyl sites for hydroxylation is 1. The first-order valence-electron chi connectivity index (χ1n) is 6.95. The summed E-state index contributed by atoms with van der Waals surface area (Å²) in [6.07, 6.45) is 5.22. The van der Waals surface area contributed by atoms with Gasteiger partial charge in [-0.2, -0.15) is 0 Å². The standard InChI is InChI=1S/C13H27N5/c1-5-8-14-12(7-10-17(3)4)13-11-15-16-18(13)9-6-2/h11-12,14H,5-10H2,1-4H3. The van der Waals surface area contributed by atoms with E-state index in [1.54, 1.807) is 0 Å². The van der Waals surface area contributed by atoms with Gasteiger partial charge in [-0.05, 0) is 46.4 Å². The van der Waals surface area contributed by atoms with Gasteiger partial charge >= 0.3 is 0 Å². The van der Waals surface area contributed by atoms with Crippen LogP contribution >= 0.6 is 0 Å². The highest BCUT2D eigenvalue weighted by Crippen LogP contribution is 2.16. The quantitative estimate of drug-likeness (QED) is 0.727. The van der Waals surface area contributed by atoms with E-state index in [1.807, 2.05) is 10.9 Å². The summed E-state index contributed by atoms with van der Waals surface area (Å²) < 4.78 is 2.03. The van der Waals surface area contributed by atoms with Crippen LogP contribution in [0.25, 0.3) is 0 Å². The van der Waals surface area contributed by atoms with Crippen LogP contribution in [0.5, 0.6) is 0 Å². The third kappa shape index (κ3) is 4.74. The molecule has 0 spiro atoms. The van der Waals surface area contributed by atoms with Crippen LogP contribution in [0.1, 0.15) is 44.8 Å². The Balaban J connectivity index is 2.69. The fraction of sp³-hybridized carbons (Fsp3) is 0.846. The van der Waals surface area contributed by atoms with Gasteiger partial charge in [-0.25, -0.2) is 4.68 Å². The Morgan fingerprint density at radius 2 is 2.11 bits per heavy atom. The predicted molar refractivity (Wildman–Crippen MR) is 74.5 cm³/mol. The summed E-state index contributed by atoms with van der Waals surface area (Å²) >= 11 is 0. The number of nitrogens with one attached hydrogen (secondary N) is 1. The van der Waals surface area contributed by atoms with E-state index in [0.29, 0.717) is 6.04 Å².